The fourth-order valence-corrected chi connectivity index (χ4v) is 2.67. The fourth-order valence-electron chi connectivity index (χ4n) is 2.67. The molecule has 3 unspecified atom stereocenters. The van der Waals surface area contributed by atoms with Gasteiger partial charge in [-0.2, -0.15) is 0 Å². The van der Waals surface area contributed by atoms with Gasteiger partial charge in [0.1, 0.15) is 6.10 Å². The van der Waals surface area contributed by atoms with Gasteiger partial charge in [-0.05, 0) is 12.1 Å². The van der Waals surface area contributed by atoms with Crippen molar-refractivity contribution in [2.75, 3.05) is 6.61 Å². The lowest BCUT2D eigenvalue weighted by atomic mass is 10.1. The zero-order valence-corrected chi connectivity index (χ0v) is 9.78. The van der Waals surface area contributed by atoms with Crippen molar-refractivity contribution in [3.8, 4) is 0 Å². The molecule has 0 amide bonds. The molecule has 0 spiro atoms. The van der Waals surface area contributed by atoms with E-state index in [0.717, 1.165) is 6.29 Å². The molecule has 98 valence electrons. The molecule has 3 rings (SSSR count). The summed E-state index contributed by atoms with van der Waals surface area (Å²) in [5.74, 6) is -0.870. The molecule has 0 aromatic carbocycles. The first-order valence-electron chi connectivity index (χ1n) is 5.92. The van der Waals surface area contributed by atoms with Gasteiger partial charge in [-0.3, -0.25) is 4.79 Å². The van der Waals surface area contributed by atoms with Crippen molar-refractivity contribution in [2.45, 2.75) is 37.6 Å². The summed E-state index contributed by atoms with van der Waals surface area (Å²) in [5.41, 5.74) is 1.09. The lowest BCUT2D eigenvalue weighted by Gasteiger charge is -2.27. The largest absolute Gasteiger partial charge is 0.390 e. The Morgan fingerprint density at radius 3 is 2.94 bits per heavy atom. The van der Waals surface area contributed by atoms with E-state index in [0.29, 0.717) is 31.0 Å². The molecule has 0 aliphatic carbocycles. The molecule has 2 N–H and O–H groups in total. The van der Waals surface area contributed by atoms with E-state index in [9.17, 15) is 15.0 Å². The average Bonchev–Trinajstić information content (AvgIpc) is 3.01. The standard InChI is InChI=1S/C12H15NO5/c14-4-8-1-2-9(5-15)13(8)7-12-3-10(16)11(18-12)6-17-12/h1-2,4,10-11,15-16H,3,5-7H2. The Hall–Kier alpha value is -1.21. The zero-order chi connectivity index (χ0) is 12.8. The Bertz CT molecular complexity index is 467. The number of nitrogens with zero attached hydrogens (tertiary/aromatic N) is 1. The van der Waals surface area contributed by atoms with Crippen molar-refractivity contribution in [1.82, 2.24) is 4.57 Å². The summed E-state index contributed by atoms with van der Waals surface area (Å²) < 4.78 is 12.9. The molecule has 2 bridgehead atoms. The third-order valence-electron chi connectivity index (χ3n) is 3.61. The van der Waals surface area contributed by atoms with Gasteiger partial charge in [0.15, 0.2) is 12.1 Å². The number of rotatable bonds is 4. The van der Waals surface area contributed by atoms with Crippen molar-refractivity contribution in [2.24, 2.45) is 0 Å². The van der Waals surface area contributed by atoms with Crippen molar-refractivity contribution in [3.05, 3.63) is 23.5 Å². The molecule has 6 nitrogen and oxygen atoms in total. The molecule has 1 aromatic heterocycles. The van der Waals surface area contributed by atoms with Gasteiger partial charge in [-0.25, -0.2) is 0 Å². The second-order valence-electron chi connectivity index (χ2n) is 4.76. The van der Waals surface area contributed by atoms with Crippen LogP contribution in [0.4, 0.5) is 0 Å². The van der Waals surface area contributed by atoms with E-state index in [1.165, 1.54) is 0 Å². The maximum absolute atomic E-state index is 11.0. The second kappa shape index (κ2) is 4.17. The first kappa shape index (κ1) is 11.9. The maximum Gasteiger partial charge on any atom is 0.189 e. The highest BCUT2D eigenvalue weighted by atomic mass is 16.8. The van der Waals surface area contributed by atoms with Crippen molar-refractivity contribution < 1.29 is 24.5 Å². The number of hydrogen-bond acceptors (Lipinski definition) is 5. The minimum Gasteiger partial charge on any atom is -0.390 e. The Morgan fingerprint density at radius 2 is 2.39 bits per heavy atom. The summed E-state index contributed by atoms with van der Waals surface area (Å²) in [5, 5.41) is 19.0. The summed E-state index contributed by atoms with van der Waals surface area (Å²) in [6.45, 7) is 0.515. The number of carbonyl (C=O) groups is 1. The van der Waals surface area contributed by atoms with Crippen LogP contribution in [0.5, 0.6) is 0 Å². The van der Waals surface area contributed by atoms with Crippen LogP contribution in [0.2, 0.25) is 0 Å². The number of aldehydes is 1. The topological polar surface area (TPSA) is 80.9 Å². The molecule has 1 aromatic rings. The van der Waals surface area contributed by atoms with E-state index in [1.54, 1.807) is 16.7 Å². The number of fused-ring (bicyclic) bond motifs is 2. The van der Waals surface area contributed by atoms with Crippen LogP contribution in [-0.2, 0) is 22.6 Å². The van der Waals surface area contributed by atoms with E-state index in [2.05, 4.69) is 0 Å². The predicted molar refractivity (Wildman–Crippen MR) is 59.9 cm³/mol. The minimum atomic E-state index is -0.870. The van der Waals surface area contributed by atoms with Gasteiger partial charge in [-0.1, -0.05) is 0 Å². The number of hydrogen-bond donors (Lipinski definition) is 2. The van der Waals surface area contributed by atoms with Gasteiger partial charge in [0.2, 0.25) is 0 Å². The lowest BCUT2D eigenvalue weighted by molar-refractivity contribution is -0.156. The molecule has 0 radical (unpaired) electrons. The summed E-state index contributed by atoms with van der Waals surface area (Å²) >= 11 is 0. The van der Waals surface area contributed by atoms with Crippen LogP contribution in [0.25, 0.3) is 0 Å². The van der Waals surface area contributed by atoms with Crippen LogP contribution >= 0.6 is 0 Å². The van der Waals surface area contributed by atoms with Crippen LogP contribution in [0.15, 0.2) is 12.1 Å². The maximum atomic E-state index is 11.0. The van der Waals surface area contributed by atoms with Gasteiger partial charge in [0, 0.05) is 12.1 Å². The van der Waals surface area contributed by atoms with Crippen molar-refractivity contribution >= 4 is 6.29 Å². The Morgan fingerprint density at radius 1 is 1.56 bits per heavy atom. The van der Waals surface area contributed by atoms with Crippen LogP contribution in [0.1, 0.15) is 22.6 Å². The summed E-state index contributed by atoms with van der Waals surface area (Å²) in [6.07, 6.45) is 0.316. The van der Waals surface area contributed by atoms with E-state index >= 15 is 0 Å². The Kier molecular flexibility index (Phi) is 2.74. The lowest BCUT2D eigenvalue weighted by Crippen LogP contribution is -2.38. The van der Waals surface area contributed by atoms with E-state index in [-0.39, 0.29) is 12.7 Å². The average molecular weight is 253 g/mol. The van der Waals surface area contributed by atoms with E-state index in [4.69, 9.17) is 9.47 Å². The first-order valence-corrected chi connectivity index (χ1v) is 5.92. The number of carbonyl (C=O) groups excluding carboxylic acids is 1. The summed E-state index contributed by atoms with van der Waals surface area (Å²) in [6, 6.07) is 3.34. The van der Waals surface area contributed by atoms with Gasteiger partial charge in [0.25, 0.3) is 0 Å². The van der Waals surface area contributed by atoms with Gasteiger partial charge >= 0.3 is 0 Å². The highest BCUT2D eigenvalue weighted by molar-refractivity contribution is 5.72. The number of aliphatic hydroxyl groups is 2. The summed E-state index contributed by atoms with van der Waals surface area (Å²) in [7, 11) is 0. The van der Waals surface area contributed by atoms with Gasteiger partial charge in [-0.15, -0.1) is 0 Å². The van der Waals surface area contributed by atoms with E-state index in [1.807, 2.05) is 0 Å². The molecule has 3 heterocycles. The SMILES string of the molecule is O=Cc1ccc(CO)n1CC12CC(O)C(CO1)O2. The predicted octanol–water partition coefficient (Wildman–Crippen LogP) is -0.331. The van der Waals surface area contributed by atoms with Crippen molar-refractivity contribution in [3.63, 3.8) is 0 Å². The van der Waals surface area contributed by atoms with Crippen LogP contribution in [0.3, 0.4) is 0 Å². The third-order valence-corrected chi connectivity index (χ3v) is 3.61. The van der Waals surface area contributed by atoms with Crippen LogP contribution in [0, 0.1) is 0 Å². The van der Waals surface area contributed by atoms with Crippen LogP contribution in [-0.4, -0.2) is 45.7 Å². The minimum absolute atomic E-state index is 0.157. The molecule has 2 saturated heterocycles. The number of aliphatic hydroxyl groups excluding tert-OH is 2. The highest BCUT2D eigenvalue weighted by Gasteiger charge is 2.53. The Balaban J connectivity index is 1.88. The molecule has 2 aliphatic heterocycles. The Labute approximate surface area is 104 Å². The number of ether oxygens (including phenoxy) is 2. The normalized spacial score (nSPS) is 34.1. The highest BCUT2D eigenvalue weighted by Crippen LogP contribution is 2.40. The van der Waals surface area contributed by atoms with Crippen molar-refractivity contribution in [1.29, 1.82) is 0 Å². The molecule has 6 heteroatoms. The quantitative estimate of drug-likeness (QED) is 0.718. The number of aromatic nitrogens is 1. The van der Waals surface area contributed by atoms with Gasteiger partial charge < -0.3 is 24.3 Å². The first-order chi connectivity index (χ1) is 8.67. The van der Waals surface area contributed by atoms with Gasteiger partial charge in [0.05, 0.1) is 31.6 Å². The fraction of sp³-hybridized carbons (Fsp3) is 0.583. The summed E-state index contributed by atoms with van der Waals surface area (Å²) in [4.78, 5) is 11.0. The molecule has 18 heavy (non-hydrogen) atoms. The molecule has 2 fully saturated rings. The molecule has 0 saturated carbocycles. The molecule has 3 atom stereocenters. The molecular formula is C12H15NO5. The van der Waals surface area contributed by atoms with Crippen LogP contribution < -0.4 is 0 Å². The van der Waals surface area contributed by atoms with E-state index < -0.39 is 11.9 Å². The third kappa shape index (κ3) is 1.69. The smallest absolute Gasteiger partial charge is 0.189 e. The molecular weight excluding hydrogens is 238 g/mol. The second-order valence-corrected chi connectivity index (χ2v) is 4.76. The monoisotopic (exact) mass is 253 g/mol. The zero-order valence-electron chi connectivity index (χ0n) is 9.78. The molecule has 2 aliphatic rings.